The highest BCUT2D eigenvalue weighted by Gasteiger charge is 2.31. The van der Waals surface area contributed by atoms with Crippen molar-refractivity contribution in [2.75, 3.05) is 27.2 Å². The van der Waals surface area contributed by atoms with E-state index in [2.05, 4.69) is 23.9 Å². The number of hydrogen-bond donors (Lipinski definition) is 1. The molecule has 0 spiro atoms. The summed E-state index contributed by atoms with van der Waals surface area (Å²) in [5, 5.41) is 9.48. The minimum atomic E-state index is -0.0199. The number of hydrogen-bond acceptors (Lipinski definition) is 3. The molecule has 2 rings (SSSR count). The van der Waals surface area contributed by atoms with Crippen LogP contribution in [0, 0.1) is 0 Å². The Bertz CT molecular complexity index is 200. The van der Waals surface area contributed by atoms with Gasteiger partial charge in [0.1, 0.15) is 0 Å². The molecule has 0 amide bonds. The first-order chi connectivity index (χ1) is 7.16. The summed E-state index contributed by atoms with van der Waals surface area (Å²) in [5.74, 6) is 0. The summed E-state index contributed by atoms with van der Waals surface area (Å²) in [6.45, 7) is 2.48. The number of aliphatic hydroxyl groups is 1. The van der Waals surface area contributed by atoms with Gasteiger partial charge in [0.2, 0.25) is 0 Å². The fourth-order valence-electron chi connectivity index (χ4n) is 2.94. The zero-order valence-corrected chi connectivity index (χ0v) is 10.0. The summed E-state index contributed by atoms with van der Waals surface area (Å²) in [6, 6.07) is 1.50. The van der Waals surface area contributed by atoms with E-state index in [1.54, 1.807) is 0 Å². The van der Waals surface area contributed by atoms with Crippen molar-refractivity contribution in [1.29, 1.82) is 0 Å². The van der Waals surface area contributed by atoms with E-state index < -0.39 is 0 Å². The van der Waals surface area contributed by atoms with E-state index in [4.69, 9.17) is 0 Å². The fraction of sp³-hybridized carbons (Fsp3) is 1.00. The lowest BCUT2D eigenvalue weighted by Crippen LogP contribution is -2.39. The van der Waals surface area contributed by atoms with Gasteiger partial charge in [-0.05, 0) is 46.2 Å². The van der Waals surface area contributed by atoms with Gasteiger partial charge in [0.05, 0.1) is 6.10 Å². The van der Waals surface area contributed by atoms with Crippen LogP contribution in [-0.4, -0.2) is 60.3 Å². The molecule has 1 heterocycles. The molecule has 2 aliphatic rings. The number of aliphatic hydroxyl groups excluding tert-OH is 1. The highest BCUT2D eigenvalue weighted by molar-refractivity contribution is 4.87. The highest BCUT2D eigenvalue weighted by Crippen LogP contribution is 2.26. The topological polar surface area (TPSA) is 26.7 Å². The third kappa shape index (κ3) is 2.71. The third-order valence-electron chi connectivity index (χ3n) is 4.11. The van der Waals surface area contributed by atoms with E-state index in [0.717, 1.165) is 24.9 Å². The van der Waals surface area contributed by atoms with Crippen molar-refractivity contribution in [2.24, 2.45) is 0 Å². The normalized spacial score (nSPS) is 38.8. The number of rotatable bonds is 2. The molecule has 1 aliphatic carbocycles. The van der Waals surface area contributed by atoms with Crippen LogP contribution in [0.2, 0.25) is 0 Å². The molecule has 0 aromatic heterocycles. The molecule has 15 heavy (non-hydrogen) atoms. The molecular weight excluding hydrogens is 188 g/mol. The first kappa shape index (κ1) is 11.4. The Kier molecular flexibility index (Phi) is 3.65. The lowest BCUT2D eigenvalue weighted by molar-refractivity contribution is 0.0810. The predicted molar refractivity (Wildman–Crippen MR) is 61.9 cm³/mol. The maximum Gasteiger partial charge on any atom is 0.0541 e. The van der Waals surface area contributed by atoms with E-state index in [1.807, 2.05) is 0 Å². The Labute approximate surface area is 93.1 Å². The minimum Gasteiger partial charge on any atom is -0.393 e. The predicted octanol–water partition coefficient (Wildman–Crippen LogP) is 0.926. The molecule has 0 aromatic rings. The van der Waals surface area contributed by atoms with Crippen molar-refractivity contribution in [3.8, 4) is 0 Å². The van der Waals surface area contributed by atoms with Gasteiger partial charge in [0.25, 0.3) is 0 Å². The van der Waals surface area contributed by atoms with Crippen LogP contribution in [0.3, 0.4) is 0 Å². The Balaban J connectivity index is 1.80. The lowest BCUT2D eigenvalue weighted by atomic mass is 9.92. The van der Waals surface area contributed by atoms with Gasteiger partial charge in [-0.25, -0.2) is 0 Å². The van der Waals surface area contributed by atoms with Gasteiger partial charge in [0, 0.05) is 25.2 Å². The Morgan fingerprint density at radius 3 is 2.27 bits per heavy atom. The maximum atomic E-state index is 9.48. The molecule has 3 nitrogen and oxygen atoms in total. The van der Waals surface area contributed by atoms with Crippen LogP contribution >= 0.6 is 0 Å². The molecule has 1 saturated carbocycles. The smallest absolute Gasteiger partial charge is 0.0541 e. The summed E-state index contributed by atoms with van der Waals surface area (Å²) in [5.41, 5.74) is 0. The van der Waals surface area contributed by atoms with Crippen LogP contribution in [0.1, 0.15) is 32.1 Å². The summed E-state index contributed by atoms with van der Waals surface area (Å²) in [4.78, 5) is 4.98. The Hall–Kier alpha value is -0.120. The zero-order chi connectivity index (χ0) is 10.8. The largest absolute Gasteiger partial charge is 0.393 e. The van der Waals surface area contributed by atoms with Gasteiger partial charge in [-0.15, -0.1) is 0 Å². The molecule has 0 bridgehead atoms. The highest BCUT2D eigenvalue weighted by atomic mass is 16.3. The van der Waals surface area contributed by atoms with E-state index in [0.29, 0.717) is 0 Å². The molecule has 1 unspecified atom stereocenters. The van der Waals surface area contributed by atoms with Crippen LogP contribution in [0.25, 0.3) is 0 Å². The molecule has 3 heteroatoms. The molecule has 0 aromatic carbocycles. The summed E-state index contributed by atoms with van der Waals surface area (Å²) in [7, 11) is 4.36. The Morgan fingerprint density at radius 2 is 1.73 bits per heavy atom. The van der Waals surface area contributed by atoms with Crippen LogP contribution in [0.5, 0.6) is 0 Å². The second-order valence-electron chi connectivity index (χ2n) is 5.36. The van der Waals surface area contributed by atoms with Crippen LogP contribution in [-0.2, 0) is 0 Å². The van der Waals surface area contributed by atoms with Crippen LogP contribution < -0.4 is 0 Å². The fourth-order valence-corrected chi connectivity index (χ4v) is 2.94. The van der Waals surface area contributed by atoms with E-state index in [1.165, 1.54) is 32.4 Å². The molecular formula is C12H24N2O. The number of likely N-dealkylation sites (tertiary alicyclic amines) is 1. The Morgan fingerprint density at radius 1 is 1.07 bits per heavy atom. The van der Waals surface area contributed by atoms with Crippen molar-refractivity contribution in [1.82, 2.24) is 9.80 Å². The van der Waals surface area contributed by atoms with Crippen molar-refractivity contribution >= 4 is 0 Å². The summed E-state index contributed by atoms with van der Waals surface area (Å²) >= 11 is 0. The van der Waals surface area contributed by atoms with Crippen LogP contribution in [0.15, 0.2) is 0 Å². The second-order valence-corrected chi connectivity index (χ2v) is 5.36. The minimum absolute atomic E-state index is 0.0199. The average molecular weight is 212 g/mol. The SMILES string of the molecule is CN(C)C1CCN(C2CCC(O)CC2)C1. The molecule has 1 N–H and O–H groups in total. The van der Waals surface area contributed by atoms with Gasteiger partial charge in [-0.2, -0.15) is 0 Å². The molecule has 88 valence electrons. The second kappa shape index (κ2) is 4.81. The van der Waals surface area contributed by atoms with Gasteiger partial charge in [-0.3, -0.25) is 4.90 Å². The molecule has 0 radical (unpaired) electrons. The quantitative estimate of drug-likeness (QED) is 0.737. The standard InChI is InChI=1S/C12H24N2O/c1-13(2)11-7-8-14(9-11)10-3-5-12(15)6-4-10/h10-12,15H,3-9H2,1-2H3. The first-order valence-corrected chi connectivity index (χ1v) is 6.25. The zero-order valence-electron chi connectivity index (χ0n) is 10.0. The van der Waals surface area contributed by atoms with Gasteiger partial charge < -0.3 is 10.0 Å². The number of nitrogens with zero attached hydrogens (tertiary/aromatic N) is 2. The van der Waals surface area contributed by atoms with E-state index in [-0.39, 0.29) is 6.10 Å². The molecule has 1 saturated heterocycles. The van der Waals surface area contributed by atoms with Crippen molar-refractivity contribution in [2.45, 2.75) is 50.3 Å². The lowest BCUT2D eigenvalue weighted by Gasteiger charge is -2.33. The van der Waals surface area contributed by atoms with Crippen LogP contribution in [0.4, 0.5) is 0 Å². The first-order valence-electron chi connectivity index (χ1n) is 6.25. The van der Waals surface area contributed by atoms with Gasteiger partial charge in [0.15, 0.2) is 0 Å². The molecule has 1 atom stereocenters. The molecule has 2 fully saturated rings. The maximum absolute atomic E-state index is 9.48. The van der Waals surface area contributed by atoms with E-state index >= 15 is 0 Å². The van der Waals surface area contributed by atoms with Gasteiger partial charge >= 0.3 is 0 Å². The van der Waals surface area contributed by atoms with Crippen molar-refractivity contribution in [3.63, 3.8) is 0 Å². The summed E-state index contributed by atoms with van der Waals surface area (Å²) in [6.07, 6.45) is 5.70. The third-order valence-corrected chi connectivity index (χ3v) is 4.11. The summed E-state index contributed by atoms with van der Waals surface area (Å²) < 4.78 is 0. The van der Waals surface area contributed by atoms with E-state index in [9.17, 15) is 5.11 Å². The number of likely N-dealkylation sites (N-methyl/N-ethyl adjacent to an activating group) is 1. The van der Waals surface area contributed by atoms with Crippen molar-refractivity contribution < 1.29 is 5.11 Å². The van der Waals surface area contributed by atoms with Crippen molar-refractivity contribution in [3.05, 3.63) is 0 Å². The average Bonchev–Trinajstić information content (AvgIpc) is 2.68. The monoisotopic (exact) mass is 212 g/mol. The van der Waals surface area contributed by atoms with Gasteiger partial charge in [-0.1, -0.05) is 0 Å². The molecule has 1 aliphatic heterocycles.